The summed E-state index contributed by atoms with van der Waals surface area (Å²) >= 11 is 0. The number of benzene rings is 3. The monoisotopic (exact) mass is 545 g/mol. The maximum atomic E-state index is 12.8. The summed E-state index contributed by atoms with van der Waals surface area (Å²) in [5.41, 5.74) is 3.35. The number of alkyl halides is 3. The van der Waals surface area contributed by atoms with Gasteiger partial charge in [-0.25, -0.2) is 4.79 Å². The van der Waals surface area contributed by atoms with Crippen LogP contribution in [0.4, 0.5) is 13.2 Å². The largest absolute Gasteiger partial charge is 0.573 e. The van der Waals surface area contributed by atoms with Gasteiger partial charge in [0, 0.05) is 13.0 Å². The van der Waals surface area contributed by atoms with E-state index in [1.54, 1.807) is 31.2 Å². The van der Waals surface area contributed by atoms with Crippen LogP contribution < -0.4 is 14.8 Å². The lowest BCUT2D eigenvalue weighted by atomic mass is 9.98. The quantitative estimate of drug-likeness (QED) is 0.299. The number of hydrogen-bond acceptors (Lipinski definition) is 5. The van der Waals surface area contributed by atoms with Crippen LogP contribution in [0.1, 0.15) is 35.2 Å². The van der Waals surface area contributed by atoms with Gasteiger partial charge in [0.05, 0.1) is 6.04 Å². The predicted molar refractivity (Wildman–Crippen MR) is 138 cm³/mol. The van der Waals surface area contributed by atoms with Crippen LogP contribution in [-0.2, 0) is 27.2 Å². The van der Waals surface area contributed by atoms with E-state index in [-0.39, 0.29) is 25.4 Å². The third-order valence-corrected chi connectivity index (χ3v) is 5.77. The SMILES string of the molecule is CCO[C@@H](Cc1ccc(OCC(=O)NC(Cc2ccc(C)cc2)c2ccc(OC(F)(F)F)cc2)cc1)C(=O)O. The second-order valence-electron chi connectivity index (χ2n) is 8.85. The number of aliphatic carboxylic acids is 1. The number of carboxylic acids is 1. The summed E-state index contributed by atoms with van der Waals surface area (Å²) in [6, 6.07) is 19.2. The number of halogens is 3. The molecule has 3 aromatic rings. The van der Waals surface area contributed by atoms with E-state index in [4.69, 9.17) is 9.47 Å². The molecule has 2 N–H and O–H groups in total. The van der Waals surface area contributed by atoms with Crippen molar-refractivity contribution in [2.45, 2.75) is 45.2 Å². The van der Waals surface area contributed by atoms with Crippen LogP contribution in [-0.4, -0.2) is 42.7 Å². The first kappa shape index (κ1) is 29.5. The molecule has 0 aromatic heterocycles. The van der Waals surface area contributed by atoms with E-state index >= 15 is 0 Å². The lowest BCUT2D eigenvalue weighted by Gasteiger charge is -2.20. The van der Waals surface area contributed by atoms with E-state index in [2.05, 4.69) is 10.1 Å². The van der Waals surface area contributed by atoms with Crippen molar-refractivity contribution in [1.82, 2.24) is 5.32 Å². The number of hydrogen-bond donors (Lipinski definition) is 2. The van der Waals surface area contributed by atoms with E-state index < -0.39 is 30.4 Å². The van der Waals surface area contributed by atoms with E-state index in [1.807, 2.05) is 31.2 Å². The zero-order valence-corrected chi connectivity index (χ0v) is 21.5. The van der Waals surface area contributed by atoms with Crippen LogP contribution in [0, 0.1) is 6.92 Å². The fraction of sp³-hybridized carbons (Fsp3) is 0.310. The van der Waals surface area contributed by atoms with Gasteiger partial charge < -0.3 is 24.6 Å². The van der Waals surface area contributed by atoms with Crippen molar-refractivity contribution in [3.05, 3.63) is 95.1 Å². The molecule has 0 heterocycles. The van der Waals surface area contributed by atoms with Gasteiger partial charge in [-0.2, -0.15) is 0 Å². The van der Waals surface area contributed by atoms with Crippen LogP contribution in [0.3, 0.4) is 0 Å². The second-order valence-corrected chi connectivity index (χ2v) is 8.85. The van der Waals surface area contributed by atoms with E-state index in [0.29, 0.717) is 17.7 Å². The van der Waals surface area contributed by atoms with E-state index in [1.165, 1.54) is 24.3 Å². The summed E-state index contributed by atoms with van der Waals surface area (Å²) in [4.78, 5) is 24.1. The summed E-state index contributed by atoms with van der Waals surface area (Å²) in [6.07, 6.45) is -5.15. The maximum Gasteiger partial charge on any atom is 0.573 e. The number of aryl methyl sites for hydroxylation is 1. The molecular weight excluding hydrogens is 515 g/mol. The van der Waals surface area contributed by atoms with Crippen molar-refractivity contribution in [1.29, 1.82) is 0 Å². The highest BCUT2D eigenvalue weighted by molar-refractivity contribution is 5.78. The first-order valence-electron chi connectivity index (χ1n) is 12.3. The van der Waals surface area contributed by atoms with Gasteiger partial charge in [-0.05, 0) is 61.2 Å². The molecule has 0 fully saturated rings. The Morgan fingerprint density at radius 2 is 1.44 bits per heavy atom. The Labute approximate surface area is 224 Å². The molecule has 10 heteroatoms. The summed E-state index contributed by atoms with van der Waals surface area (Å²) < 4.78 is 52.4. The Bertz CT molecular complexity index is 1210. The van der Waals surface area contributed by atoms with Crippen molar-refractivity contribution in [3.63, 3.8) is 0 Å². The Kier molecular flexibility index (Phi) is 10.3. The van der Waals surface area contributed by atoms with Crippen molar-refractivity contribution >= 4 is 11.9 Å². The Hall–Kier alpha value is -4.05. The first-order chi connectivity index (χ1) is 18.5. The fourth-order valence-corrected chi connectivity index (χ4v) is 3.85. The highest BCUT2D eigenvalue weighted by atomic mass is 19.4. The van der Waals surface area contributed by atoms with Gasteiger partial charge in [0.25, 0.3) is 5.91 Å². The lowest BCUT2D eigenvalue weighted by molar-refractivity contribution is -0.274. The number of nitrogens with one attached hydrogen (secondary N) is 1. The third kappa shape index (κ3) is 9.97. The molecule has 0 radical (unpaired) electrons. The van der Waals surface area contributed by atoms with E-state index in [9.17, 15) is 27.9 Å². The van der Waals surface area contributed by atoms with Crippen molar-refractivity contribution in [3.8, 4) is 11.5 Å². The van der Waals surface area contributed by atoms with Gasteiger partial charge in [-0.3, -0.25) is 4.79 Å². The molecule has 0 aliphatic carbocycles. The van der Waals surface area contributed by atoms with Gasteiger partial charge in [-0.15, -0.1) is 13.2 Å². The molecule has 0 spiro atoms. The summed E-state index contributed by atoms with van der Waals surface area (Å²) in [5, 5.41) is 12.1. The highest BCUT2D eigenvalue weighted by Crippen LogP contribution is 2.26. The molecule has 3 aromatic carbocycles. The molecule has 39 heavy (non-hydrogen) atoms. The zero-order valence-electron chi connectivity index (χ0n) is 21.5. The molecule has 0 saturated heterocycles. The zero-order chi connectivity index (χ0) is 28.4. The molecule has 2 atom stereocenters. The van der Waals surface area contributed by atoms with Crippen LogP contribution in [0.5, 0.6) is 11.5 Å². The fourth-order valence-electron chi connectivity index (χ4n) is 3.85. The average molecular weight is 546 g/mol. The van der Waals surface area contributed by atoms with E-state index in [0.717, 1.165) is 16.7 Å². The molecule has 1 amide bonds. The van der Waals surface area contributed by atoms with Crippen molar-refractivity contribution < 1.29 is 42.1 Å². The van der Waals surface area contributed by atoms with Gasteiger partial charge in [0.2, 0.25) is 0 Å². The predicted octanol–water partition coefficient (Wildman–Crippen LogP) is 5.40. The van der Waals surface area contributed by atoms with Crippen molar-refractivity contribution in [2.75, 3.05) is 13.2 Å². The minimum atomic E-state index is -4.80. The first-order valence-corrected chi connectivity index (χ1v) is 12.3. The molecule has 7 nitrogen and oxygen atoms in total. The number of carboxylic acid groups (broad SMARTS) is 1. The molecule has 0 saturated carbocycles. The normalized spacial score (nSPS) is 12.8. The highest BCUT2D eigenvalue weighted by Gasteiger charge is 2.31. The van der Waals surface area contributed by atoms with Gasteiger partial charge in [-0.1, -0.05) is 54.1 Å². The van der Waals surface area contributed by atoms with Crippen LogP contribution in [0.2, 0.25) is 0 Å². The molecule has 1 unspecified atom stereocenters. The molecular formula is C29H30F3NO6. The van der Waals surface area contributed by atoms with Gasteiger partial charge in [0.15, 0.2) is 12.7 Å². The minimum Gasteiger partial charge on any atom is -0.484 e. The maximum absolute atomic E-state index is 12.8. The molecule has 3 rings (SSSR count). The van der Waals surface area contributed by atoms with Gasteiger partial charge in [0.1, 0.15) is 11.5 Å². The average Bonchev–Trinajstić information content (AvgIpc) is 2.88. The summed E-state index contributed by atoms with van der Waals surface area (Å²) in [5.74, 6) is -1.40. The molecule has 0 bridgehead atoms. The standard InChI is InChI=1S/C29H30F3NO6/c1-3-37-26(28(35)36)17-21-8-12-23(13-9-21)38-18-27(34)33-25(16-20-6-4-19(2)5-7-20)22-10-14-24(15-11-22)39-29(30,31)32/h4-15,25-26H,3,16-18H2,1-2H3,(H,33,34)(H,35,36)/t25?,26-/m0/s1. The molecule has 208 valence electrons. The van der Waals surface area contributed by atoms with Crippen LogP contribution in [0.15, 0.2) is 72.8 Å². The number of carbonyl (C=O) groups excluding carboxylic acids is 1. The number of rotatable bonds is 13. The molecule has 0 aliphatic heterocycles. The number of carbonyl (C=O) groups is 2. The Balaban J connectivity index is 1.64. The van der Waals surface area contributed by atoms with Crippen molar-refractivity contribution in [2.24, 2.45) is 0 Å². The summed E-state index contributed by atoms with van der Waals surface area (Å²) in [7, 11) is 0. The second kappa shape index (κ2) is 13.7. The summed E-state index contributed by atoms with van der Waals surface area (Å²) in [6.45, 7) is 3.66. The third-order valence-electron chi connectivity index (χ3n) is 5.77. The van der Waals surface area contributed by atoms with Crippen LogP contribution in [0.25, 0.3) is 0 Å². The molecule has 0 aliphatic rings. The number of ether oxygens (including phenoxy) is 3. The van der Waals surface area contributed by atoms with Gasteiger partial charge >= 0.3 is 12.3 Å². The number of amides is 1. The minimum absolute atomic E-state index is 0.192. The smallest absolute Gasteiger partial charge is 0.484 e. The van der Waals surface area contributed by atoms with Crippen LogP contribution >= 0.6 is 0 Å². The topological polar surface area (TPSA) is 94.1 Å². The Morgan fingerprint density at radius 1 is 0.872 bits per heavy atom. The lowest BCUT2D eigenvalue weighted by Crippen LogP contribution is -2.33. The Morgan fingerprint density at radius 3 is 2.00 bits per heavy atom.